The molecule has 1 N–H and O–H groups in total. The number of nitrogens with one attached hydrogen (secondary N) is 1. The van der Waals surface area contributed by atoms with Crippen molar-refractivity contribution in [3.8, 4) is 0 Å². The summed E-state index contributed by atoms with van der Waals surface area (Å²) in [6.45, 7) is 0.716. The van der Waals surface area contributed by atoms with Crippen LogP contribution < -0.4 is 5.32 Å². The molecule has 2 nitrogen and oxygen atoms in total. The van der Waals surface area contributed by atoms with Gasteiger partial charge in [0.1, 0.15) is 0 Å². The highest BCUT2D eigenvalue weighted by atomic mass is 35.5. The van der Waals surface area contributed by atoms with E-state index in [1.54, 1.807) is 18.0 Å². The van der Waals surface area contributed by atoms with Crippen molar-refractivity contribution in [3.05, 3.63) is 74.7 Å². The van der Waals surface area contributed by atoms with Crippen molar-refractivity contribution < 1.29 is 0 Å². The summed E-state index contributed by atoms with van der Waals surface area (Å²) in [6.07, 6.45) is 1.81. The average Bonchev–Trinajstić information content (AvgIpc) is 2.98. The van der Waals surface area contributed by atoms with Gasteiger partial charge in [-0.3, -0.25) is 0 Å². The van der Waals surface area contributed by atoms with Crippen molar-refractivity contribution >= 4 is 52.0 Å². The molecule has 118 valence electrons. The third kappa shape index (κ3) is 4.64. The first-order valence-electron chi connectivity index (χ1n) is 7.01. The van der Waals surface area contributed by atoms with Gasteiger partial charge in [0.2, 0.25) is 0 Å². The zero-order valence-electron chi connectivity index (χ0n) is 12.1. The zero-order valence-corrected chi connectivity index (χ0v) is 15.3. The lowest BCUT2D eigenvalue weighted by molar-refractivity contribution is 1.15. The van der Waals surface area contributed by atoms with Crippen molar-refractivity contribution in [1.82, 2.24) is 4.98 Å². The summed E-state index contributed by atoms with van der Waals surface area (Å²) in [7, 11) is 0. The Morgan fingerprint density at radius 2 is 1.83 bits per heavy atom. The Labute approximate surface area is 153 Å². The molecule has 23 heavy (non-hydrogen) atoms. The Kier molecular flexibility index (Phi) is 5.84. The van der Waals surface area contributed by atoms with Crippen molar-refractivity contribution in [2.75, 3.05) is 5.32 Å². The van der Waals surface area contributed by atoms with Crippen LogP contribution in [0.4, 0.5) is 5.69 Å². The minimum atomic E-state index is 0.572. The van der Waals surface area contributed by atoms with E-state index in [2.05, 4.69) is 28.5 Å². The lowest BCUT2D eigenvalue weighted by Crippen LogP contribution is -1.98. The van der Waals surface area contributed by atoms with E-state index in [1.165, 1.54) is 16.2 Å². The number of halogens is 2. The molecule has 3 aromatic rings. The fraction of sp³-hybridized carbons (Fsp3) is 0.118. The van der Waals surface area contributed by atoms with Gasteiger partial charge in [-0.05, 0) is 23.8 Å². The molecule has 0 atom stereocenters. The SMILES string of the molecule is Clc1ncc(CNc2ccccc2SCc2ccccc2Cl)s1. The molecule has 0 saturated carbocycles. The summed E-state index contributed by atoms with van der Waals surface area (Å²) in [4.78, 5) is 6.37. The van der Waals surface area contributed by atoms with E-state index in [4.69, 9.17) is 23.2 Å². The summed E-state index contributed by atoms with van der Waals surface area (Å²) in [5, 5.41) is 4.26. The maximum atomic E-state index is 6.23. The molecule has 0 aliphatic heterocycles. The van der Waals surface area contributed by atoms with E-state index in [1.807, 2.05) is 30.3 Å². The van der Waals surface area contributed by atoms with Crippen LogP contribution in [0.1, 0.15) is 10.4 Å². The summed E-state index contributed by atoms with van der Waals surface area (Å²) >= 11 is 15.4. The van der Waals surface area contributed by atoms with Gasteiger partial charge in [-0.25, -0.2) is 4.98 Å². The smallest absolute Gasteiger partial charge is 0.183 e. The number of benzene rings is 2. The highest BCUT2D eigenvalue weighted by Gasteiger charge is 2.06. The van der Waals surface area contributed by atoms with Crippen LogP contribution in [0.5, 0.6) is 0 Å². The van der Waals surface area contributed by atoms with Gasteiger partial charge in [-0.2, -0.15) is 0 Å². The van der Waals surface area contributed by atoms with Crippen LogP contribution in [0.3, 0.4) is 0 Å². The third-order valence-corrected chi connectivity index (χ3v) is 5.81. The number of aromatic nitrogens is 1. The Morgan fingerprint density at radius 3 is 2.61 bits per heavy atom. The lowest BCUT2D eigenvalue weighted by Gasteiger charge is -2.11. The molecule has 0 fully saturated rings. The third-order valence-electron chi connectivity index (χ3n) is 3.21. The number of hydrogen-bond donors (Lipinski definition) is 1. The number of para-hydroxylation sites is 1. The van der Waals surface area contributed by atoms with Crippen LogP contribution >= 0.6 is 46.3 Å². The summed E-state index contributed by atoms with van der Waals surface area (Å²) in [5.74, 6) is 0.838. The van der Waals surface area contributed by atoms with Gasteiger partial charge in [0.15, 0.2) is 4.47 Å². The summed E-state index contributed by atoms with van der Waals surface area (Å²) in [5.41, 5.74) is 2.25. The number of thiazole rings is 1. The van der Waals surface area contributed by atoms with Crippen LogP contribution in [0.25, 0.3) is 0 Å². The molecule has 0 bridgehead atoms. The normalized spacial score (nSPS) is 10.7. The lowest BCUT2D eigenvalue weighted by atomic mass is 10.2. The predicted molar refractivity (Wildman–Crippen MR) is 102 cm³/mol. The van der Waals surface area contributed by atoms with Crippen LogP contribution in [-0.2, 0) is 12.3 Å². The maximum absolute atomic E-state index is 6.23. The second kappa shape index (κ2) is 8.06. The molecule has 1 aromatic heterocycles. The van der Waals surface area contributed by atoms with Gasteiger partial charge in [-0.15, -0.1) is 23.1 Å². The van der Waals surface area contributed by atoms with Gasteiger partial charge in [0.25, 0.3) is 0 Å². The van der Waals surface area contributed by atoms with E-state index in [-0.39, 0.29) is 0 Å². The Hall–Kier alpha value is -1.20. The zero-order chi connectivity index (χ0) is 16.1. The molecule has 0 unspecified atom stereocenters. The number of hydrogen-bond acceptors (Lipinski definition) is 4. The minimum absolute atomic E-state index is 0.572. The molecule has 2 aromatic carbocycles. The second-order valence-electron chi connectivity index (χ2n) is 4.81. The molecule has 0 spiro atoms. The molecule has 0 radical (unpaired) electrons. The number of thioether (sulfide) groups is 1. The molecular formula is C17H14Cl2N2S2. The molecule has 0 saturated heterocycles. The first-order valence-corrected chi connectivity index (χ1v) is 9.57. The van der Waals surface area contributed by atoms with Crippen molar-refractivity contribution in [2.24, 2.45) is 0 Å². The maximum Gasteiger partial charge on any atom is 0.183 e. The predicted octanol–water partition coefficient (Wildman–Crippen LogP) is 6.35. The first-order chi connectivity index (χ1) is 11.2. The quantitative estimate of drug-likeness (QED) is 0.503. The van der Waals surface area contributed by atoms with Crippen molar-refractivity contribution in [1.29, 1.82) is 0 Å². The van der Waals surface area contributed by atoms with Crippen molar-refractivity contribution in [2.45, 2.75) is 17.2 Å². The molecule has 0 amide bonds. The minimum Gasteiger partial charge on any atom is -0.379 e. The van der Waals surface area contributed by atoms with Gasteiger partial charge >= 0.3 is 0 Å². The fourth-order valence-electron chi connectivity index (χ4n) is 2.06. The van der Waals surface area contributed by atoms with E-state index < -0.39 is 0 Å². The van der Waals surface area contributed by atoms with Crippen LogP contribution in [0, 0.1) is 0 Å². The van der Waals surface area contributed by atoms with E-state index in [0.717, 1.165) is 26.9 Å². The monoisotopic (exact) mass is 380 g/mol. The van der Waals surface area contributed by atoms with Crippen LogP contribution in [-0.4, -0.2) is 4.98 Å². The largest absolute Gasteiger partial charge is 0.379 e. The second-order valence-corrected chi connectivity index (χ2v) is 7.93. The molecule has 6 heteroatoms. The topological polar surface area (TPSA) is 24.9 Å². The highest BCUT2D eigenvalue weighted by Crippen LogP contribution is 2.32. The van der Waals surface area contributed by atoms with E-state index in [0.29, 0.717) is 11.0 Å². The molecule has 0 aliphatic rings. The van der Waals surface area contributed by atoms with Gasteiger partial charge in [0, 0.05) is 32.4 Å². The number of nitrogens with zero attached hydrogens (tertiary/aromatic N) is 1. The van der Waals surface area contributed by atoms with Gasteiger partial charge in [-0.1, -0.05) is 53.5 Å². The standard InChI is InChI=1S/C17H14Cl2N2S2/c18-14-6-2-1-5-12(14)11-22-16-8-4-3-7-15(16)20-9-13-10-21-17(19)23-13/h1-8,10,20H,9,11H2. The average molecular weight is 381 g/mol. The number of anilines is 1. The molecule has 1 heterocycles. The first kappa shape index (κ1) is 16.7. The van der Waals surface area contributed by atoms with E-state index in [9.17, 15) is 0 Å². The summed E-state index contributed by atoms with van der Waals surface area (Å²) < 4.78 is 0.572. The van der Waals surface area contributed by atoms with Gasteiger partial charge < -0.3 is 5.32 Å². The Bertz CT molecular complexity index is 790. The molecular weight excluding hydrogens is 367 g/mol. The van der Waals surface area contributed by atoms with E-state index >= 15 is 0 Å². The summed E-state index contributed by atoms with van der Waals surface area (Å²) in [6, 6.07) is 16.2. The van der Waals surface area contributed by atoms with Crippen LogP contribution in [0.15, 0.2) is 59.6 Å². The molecule has 0 aliphatic carbocycles. The van der Waals surface area contributed by atoms with Crippen LogP contribution in [0.2, 0.25) is 9.49 Å². The number of rotatable bonds is 6. The Balaban J connectivity index is 1.67. The van der Waals surface area contributed by atoms with Crippen molar-refractivity contribution in [3.63, 3.8) is 0 Å². The Morgan fingerprint density at radius 1 is 1.04 bits per heavy atom. The highest BCUT2D eigenvalue weighted by molar-refractivity contribution is 7.98. The molecule has 3 rings (SSSR count). The van der Waals surface area contributed by atoms with Gasteiger partial charge in [0.05, 0.1) is 6.54 Å². The fourth-order valence-corrected chi connectivity index (χ4v) is 4.29.